The molecule has 1 aliphatic heterocycles. The molecule has 1 amide bonds. The van der Waals surface area contributed by atoms with Gasteiger partial charge in [-0.15, -0.1) is 0 Å². The van der Waals surface area contributed by atoms with Gasteiger partial charge in [-0.05, 0) is 47.6 Å². The summed E-state index contributed by atoms with van der Waals surface area (Å²) in [7, 11) is -3.74. The first-order valence-corrected chi connectivity index (χ1v) is 11.3. The van der Waals surface area contributed by atoms with Crippen molar-refractivity contribution in [2.45, 2.75) is 31.6 Å². The fraction of sp³-hybridized carbons (Fsp3) is 0.261. The van der Waals surface area contributed by atoms with E-state index >= 15 is 0 Å². The second-order valence-corrected chi connectivity index (χ2v) is 9.48. The van der Waals surface area contributed by atoms with Crippen LogP contribution in [0.5, 0.6) is 0 Å². The maximum atomic E-state index is 13.1. The SMILES string of the molecule is CC(C)CN1C(=O)CCc2cc(NS(=O)(=O)c3cccc4ccccc34)ccc21. The number of fused-ring (bicyclic) bond motifs is 2. The van der Waals surface area contributed by atoms with Crippen LogP contribution in [0.2, 0.25) is 0 Å². The van der Waals surface area contributed by atoms with Crippen LogP contribution in [-0.2, 0) is 21.2 Å². The number of aryl methyl sites for hydroxylation is 1. The van der Waals surface area contributed by atoms with Gasteiger partial charge in [0.05, 0.1) is 4.90 Å². The number of nitrogens with zero attached hydrogens (tertiary/aromatic N) is 1. The normalized spacial score (nSPS) is 14.3. The molecule has 0 spiro atoms. The van der Waals surface area contributed by atoms with Crippen molar-refractivity contribution >= 4 is 38.1 Å². The van der Waals surface area contributed by atoms with Crippen LogP contribution in [0.1, 0.15) is 25.8 Å². The lowest BCUT2D eigenvalue weighted by molar-refractivity contribution is -0.119. The second-order valence-electron chi connectivity index (χ2n) is 7.82. The Hall–Kier alpha value is -2.86. The van der Waals surface area contributed by atoms with Crippen LogP contribution >= 0.6 is 0 Å². The number of carbonyl (C=O) groups is 1. The standard InChI is InChI=1S/C23H24N2O3S/c1-16(2)15-25-21-12-11-19(14-18(21)10-13-23(25)26)24-29(27,28)22-9-5-7-17-6-3-4-8-20(17)22/h3-9,11-12,14,16,24H,10,13,15H2,1-2H3. The first-order valence-electron chi connectivity index (χ1n) is 9.79. The molecule has 1 N–H and O–H groups in total. The van der Waals surface area contributed by atoms with Crippen LogP contribution in [0, 0.1) is 5.92 Å². The van der Waals surface area contributed by atoms with Gasteiger partial charge >= 0.3 is 0 Å². The van der Waals surface area contributed by atoms with Gasteiger partial charge in [0.2, 0.25) is 5.91 Å². The van der Waals surface area contributed by atoms with Crippen LogP contribution in [0.3, 0.4) is 0 Å². The van der Waals surface area contributed by atoms with Crippen LogP contribution in [0.15, 0.2) is 65.6 Å². The van der Waals surface area contributed by atoms with Crippen molar-refractivity contribution in [1.82, 2.24) is 0 Å². The predicted octanol–water partition coefficient (Wildman–Crippen LogP) is 4.58. The van der Waals surface area contributed by atoms with E-state index in [9.17, 15) is 13.2 Å². The van der Waals surface area contributed by atoms with Crippen LogP contribution in [0.4, 0.5) is 11.4 Å². The first kappa shape index (κ1) is 19.5. The molecule has 6 heteroatoms. The van der Waals surface area contributed by atoms with Gasteiger partial charge in [0, 0.05) is 29.7 Å². The highest BCUT2D eigenvalue weighted by atomic mass is 32.2. The summed E-state index contributed by atoms with van der Waals surface area (Å²) in [6.07, 6.45) is 1.06. The minimum absolute atomic E-state index is 0.121. The third-order valence-corrected chi connectivity index (χ3v) is 6.56. The van der Waals surface area contributed by atoms with Gasteiger partial charge < -0.3 is 4.90 Å². The molecule has 5 nitrogen and oxygen atoms in total. The molecular formula is C23H24N2O3S. The van der Waals surface area contributed by atoms with E-state index in [0.29, 0.717) is 36.4 Å². The summed E-state index contributed by atoms with van der Waals surface area (Å²) in [4.78, 5) is 14.4. The fourth-order valence-corrected chi connectivity index (χ4v) is 5.11. The Balaban J connectivity index is 1.67. The lowest BCUT2D eigenvalue weighted by Crippen LogP contribution is -2.37. The first-order chi connectivity index (χ1) is 13.8. The number of nitrogens with one attached hydrogen (secondary N) is 1. The van der Waals surface area contributed by atoms with Crippen molar-refractivity contribution in [2.24, 2.45) is 5.92 Å². The summed E-state index contributed by atoms with van der Waals surface area (Å²) in [6.45, 7) is 4.81. The molecule has 4 rings (SSSR count). The third-order valence-electron chi connectivity index (χ3n) is 5.12. The summed E-state index contributed by atoms with van der Waals surface area (Å²) in [5.41, 5.74) is 2.38. The topological polar surface area (TPSA) is 66.5 Å². The van der Waals surface area contributed by atoms with Crippen LogP contribution in [-0.4, -0.2) is 20.9 Å². The number of sulfonamides is 1. The number of benzene rings is 3. The molecule has 150 valence electrons. The molecule has 0 saturated carbocycles. The Bertz CT molecular complexity index is 1180. The van der Waals surface area contributed by atoms with Crippen molar-refractivity contribution < 1.29 is 13.2 Å². The minimum atomic E-state index is -3.74. The Kier molecular flexibility index (Phi) is 5.04. The summed E-state index contributed by atoms with van der Waals surface area (Å²) in [6, 6.07) is 18.1. The lowest BCUT2D eigenvalue weighted by Gasteiger charge is -2.31. The minimum Gasteiger partial charge on any atom is -0.312 e. The van der Waals surface area contributed by atoms with Gasteiger partial charge in [0.25, 0.3) is 10.0 Å². The third kappa shape index (κ3) is 3.85. The number of amides is 1. The van der Waals surface area contributed by atoms with Crippen molar-refractivity contribution in [3.8, 4) is 0 Å². The van der Waals surface area contributed by atoms with Gasteiger partial charge in [-0.1, -0.05) is 50.2 Å². The molecule has 3 aromatic carbocycles. The number of hydrogen-bond acceptors (Lipinski definition) is 3. The van der Waals surface area contributed by atoms with E-state index in [0.717, 1.165) is 16.6 Å². The molecule has 29 heavy (non-hydrogen) atoms. The van der Waals surface area contributed by atoms with Crippen molar-refractivity contribution in [2.75, 3.05) is 16.2 Å². The maximum absolute atomic E-state index is 13.1. The van der Waals surface area contributed by atoms with E-state index in [-0.39, 0.29) is 10.8 Å². The van der Waals surface area contributed by atoms with E-state index in [1.807, 2.05) is 47.4 Å². The molecule has 1 aliphatic rings. The molecule has 1 heterocycles. The van der Waals surface area contributed by atoms with Gasteiger partial charge in [-0.3, -0.25) is 9.52 Å². The number of anilines is 2. The summed E-state index contributed by atoms with van der Waals surface area (Å²) in [5.74, 6) is 0.477. The zero-order valence-electron chi connectivity index (χ0n) is 16.6. The average Bonchev–Trinajstić information content (AvgIpc) is 2.69. The molecule has 0 unspecified atom stereocenters. The predicted molar refractivity (Wildman–Crippen MR) is 117 cm³/mol. The number of hydrogen-bond donors (Lipinski definition) is 1. The average molecular weight is 409 g/mol. The molecule has 0 bridgehead atoms. The zero-order chi connectivity index (χ0) is 20.6. The van der Waals surface area contributed by atoms with E-state index < -0.39 is 10.0 Å². The summed E-state index contributed by atoms with van der Waals surface area (Å²) >= 11 is 0. The Morgan fingerprint density at radius 1 is 1.00 bits per heavy atom. The highest BCUT2D eigenvalue weighted by Gasteiger charge is 2.25. The van der Waals surface area contributed by atoms with E-state index in [4.69, 9.17) is 0 Å². The second kappa shape index (κ2) is 7.52. The van der Waals surface area contributed by atoms with Crippen LogP contribution < -0.4 is 9.62 Å². The summed E-state index contributed by atoms with van der Waals surface area (Å²) < 4.78 is 28.9. The van der Waals surface area contributed by atoms with Gasteiger partial charge in [0.15, 0.2) is 0 Å². The van der Waals surface area contributed by atoms with E-state index in [1.165, 1.54) is 0 Å². The Morgan fingerprint density at radius 2 is 1.76 bits per heavy atom. The molecule has 0 saturated heterocycles. The molecule has 0 aromatic heterocycles. The molecule has 0 fully saturated rings. The highest BCUT2D eigenvalue weighted by molar-refractivity contribution is 7.93. The Morgan fingerprint density at radius 3 is 2.55 bits per heavy atom. The molecular weight excluding hydrogens is 384 g/mol. The number of carbonyl (C=O) groups excluding carboxylic acids is 1. The van der Waals surface area contributed by atoms with Gasteiger partial charge in [-0.25, -0.2) is 8.42 Å². The van der Waals surface area contributed by atoms with E-state index in [2.05, 4.69) is 18.6 Å². The van der Waals surface area contributed by atoms with Crippen LogP contribution in [0.25, 0.3) is 10.8 Å². The molecule has 3 aromatic rings. The maximum Gasteiger partial charge on any atom is 0.262 e. The summed E-state index contributed by atoms with van der Waals surface area (Å²) in [5, 5.41) is 1.57. The quantitative estimate of drug-likeness (QED) is 0.672. The van der Waals surface area contributed by atoms with Crippen molar-refractivity contribution in [1.29, 1.82) is 0 Å². The Labute approximate surface area is 171 Å². The van der Waals surface area contributed by atoms with Gasteiger partial charge in [-0.2, -0.15) is 0 Å². The largest absolute Gasteiger partial charge is 0.312 e. The van der Waals surface area contributed by atoms with Crippen molar-refractivity contribution in [3.63, 3.8) is 0 Å². The molecule has 0 atom stereocenters. The fourth-order valence-electron chi connectivity index (χ4n) is 3.83. The highest BCUT2D eigenvalue weighted by Crippen LogP contribution is 2.32. The van der Waals surface area contributed by atoms with E-state index in [1.54, 1.807) is 18.2 Å². The number of rotatable bonds is 5. The molecule has 0 aliphatic carbocycles. The lowest BCUT2D eigenvalue weighted by atomic mass is 9.99. The smallest absolute Gasteiger partial charge is 0.262 e. The zero-order valence-corrected chi connectivity index (χ0v) is 17.4. The van der Waals surface area contributed by atoms with Crippen molar-refractivity contribution in [3.05, 3.63) is 66.2 Å². The molecule has 0 radical (unpaired) electrons. The van der Waals surface area contributed by atoms with Gasteiger partial charge in [0.1, 0.15) is 0 Å². The monoisotopic (exact) mass is 408 g/mol.